The number of nitrogens with zero attached hydrogens (tertiary/aromatic N) is 1. The van der Waals surface area contributed by atoms with Crippen LogP contribution in [0.4, 0.5) is 0 Å². The average molecular weight is 611 g/mol. The molecule has 40 heavy (non-hydrogen) atoms. The Morgan fingerprint density at radius 2 is 1.88 bits per heavy atom. The van der Waals surface area contributed by atoms with E-state index in [1.165, 1.54) is 0 Å². The predicted molar refractivity (Wildman–Crippen MR) is 159 cm³/mol. The second-order valence-corrected chi connectivity index (χ2v) is 10.4. The minimum Gasteiger partial charge on any atom is -0.497 e. The molecule has 3 aromatic rings. The molecule has 8 nitrogen and oxygen atoms in total. The molecular weight excluding hydrogens is 574 g/mol. The van der Waals surface area contributed by atoms with Crippen molar-refractivity contribution in [3.8, 4) is 11.5 Å². The Morgan fingerprint density at radius 3 is 2.60 bits per heavy atom. The lowest BCUT2D eigenvalue weighted by atomic mass is 9.82. The highest BCUT2D eigenvalue weighted by atomic mass is 79.9. The largest absolute Gasteiger partial charge is 0.497 e. The summed E-state index contributed by atoms with van der Waals surface area (Å²) in [6.45, 7) is 3.24. The van der Waals surface area contributed by atoms with Gasteiger partial charge in [0.05, 0.1) is 13.7 Å². The molecule has 0 saturated carbocycles. The van der Waals surface area contributed by atoms with E-state index in [-0.39, 0.29) is 12.5 Å². The second-order valence-electron chi connectivity index (χ2n) is 9.57. The number of aliphatic hydroxyl groups is 1. The highest BCUT2D eigenvalue weighted by molar-refractivity contribution is 9.10. The van der Waals surface area contributed by atoms with Crippen LogP contribution in [0.25, 0.3) is 0 Å². The summed E-state index contributed by atoms with van der Waals surface area (Å²) >= 11 is 3.66. The van der Waals surface area contributed by atoms with E-state index < -0.39 is 11.6 Å². The molecule has 0 saturated heterocycles. The van der Waals surface area contributed by atoms with Gasteiger partial charge in [-0.25, -0.2) is 10.4 Å². The Hall–Kier alpha value is -3.40. The number of benzene rings is 3. The number of aliphatic imine (C=N–C) groups is 1. The standard InChI is InChI=1S/C31H36BrN3O5/c1-3-4-17-33-35-30(37)31(21-24-9-5-6-12-27(24)32)28(23-10-7-11-26(20-23)38-2)40-29(34-31)22-13-15-25(16-14-22)39-19-8-18-36/h5-7,9-16,20,28,33,36H,3-4,8,17-19,21H2,1-2H3,(H,35,37)/t28-,31-/m0/s1. The van der Waals surface area contributed by atoms with E-state index in [1.54, 1.807) is 7.11 Å². The van der Waals surface area contributed by atoms with Crippen LogP contribution < -0.4 is 20.3 Å². The number of methoxy groups -OCH3 is 1. The van der Waals surface area contributed by atoms with Gasteiger partial charge < -0.3 is 19.3 Å². The molecule has 3 aromatic carbocycles. The Labute approximate surface area is 243 Å². The maximum atomic E-state index is 14.1. The smallest absolute Gasteiger partial charge is 0.266 e. The van der Waals surface area contributed by atoms with Crippen LogP contribution in [0.5, 0.6) is 11.5 Å². The van der Waals surface area contributed by atoms with Crippen molar-refractivity contribution >= 4 is 27.7 Å². The fraction of sp³-hybridized carbons (Fsp3) is 0.355. The van der Waals surface area contributed by atoms with Crippen LogP contribution in [-0.2, 0) is 16.0 Å². The second kappa shape index (κ2) is 14.3. The Balaban J connectivity index is 1.77. The van der Waals surface area contributed by atoms with Gasteiger partial charge in [-0.3, -0.25) is 10.2 Å². The highest BCUT2D eigenvalue weighted by Gasteiger charge is 2.53. The van der Waals surface area contributed by atoms with Gasteiger partial charge in [-0.05, 0) is 60.0 Å². The molecule has 1 aliphatic heterocycles. The van der Waals surface area contributed by atoms with E-state index in [2.05, 4.69) is 33.7 Å². The van der Waals surface area contributed by atoms with Gasteiger partial charge in [-0.15, -0.1) is 0 Å². The van der Waals surface area contributed by atoms with Crippen LogP contribution >= 0.6 is 15.9 Å². The fourth-order valence-corrected chi connectivity index (χ4v) is 4.96. The van der Waals surface area contributed by atoms with Gasteiger partial charge >= 0.3 is 0 Å². The molecule has 4 rings (SSSR count). The molecule has 0 fully saturated rings. The normalized spacial score (nSPS) is 18.1. The topological polar surface area (TPSA) is 101 Å². The predicted octanol–water partition coefficient (Wildman–Crippen LogP) is 5.14. The van der Waals surface area contributed by atoms with E-state index >= 15 is 0 Å². The first-order valence-corrected chi connectivity index (χ1v) is 14.3. The first kappa shape index (κ1) is 29.6. The van der Waals surface area contributed by atoms with Gasteiger partial charge in [0.25, 0.3) is 5.91 Å². The zero-order chi connectivity index (χ0) is 28.4. The number of rotatable bonds is 14. The van der Waals surface area contributed by atoms with Crippen LogP contribution in [-0.4, -0.2) is 49.3 Å². The van der Waals surface area contributed by atoms with Crippen molar-refractivity contribution in [1.82, 2.24) is 10.9 Å². The molecule has 1 heterocycles. The van der Waals surface area contributed by atoms with Crippen LogP contribution in [0.3, 0.4) is 0 Å². The van der Waals surface area contributed by atoms with Crippen molar-refractivity contribution in [3.05, 3.63) is 94.0 Å². The van der Waals surface area contributed by atoms with Crippen LogP contribution in [0.15, 0.2) is 82.3 Å². The summed E-state index contributed by atoms with van der Waals surface area (Å²) in [5.74, 6) is 1.42. The van der Waals surface area contributed by atoms with Crippen molar-refractivity contribution in [2.24, 2.45) is 4.99 Å². The quantitative estimate of drug-likeness (QED) is 0.173. The summed E-state index contributed by atoms with van der Waals surface area (Å²) in [6, 6.07) is 22.8. The molecule has 1 amide bonds. The molecule has 1 aliphatic rings. The first-order chi connectivity index (χ1) is 19.5. The molecule has 0 unspecified atom stereocenters. The Morgan fingerprint density at radius 1 is 1.07 bits per heavy atom. The number of carbonyl (C=O) groups excluding carboxylic acids is 1. The lowest BCUT2D eigenvalue weighted by Crippen LogP contribution is -2.54. The van der Waals surface area contributed by atoms with Crippen LogP contribution in [0, 0.1) is 0 Å². The Bertz CT molecular complexity index is 1300. The maximum absolute atomic E-state index is 14.1. The zero-order valence-corrected chi connectivity index (χ0v) is 24.4. The third-order valence-electron chi connectivity index (χ3n) is 6.70. The number of aliphatic hydroxyl groups excluding tert-OH is 1. The molecule has 0 radical (unpaired) electrons. The number of hydrogen-bond donors (Lipinski definition) is 3. The van der Waals surface area contributed by atoms with Crippen molar-refractivity contribution in [1.29, 1.82) is 0 Å². The molecule has 0 aliphatic carbocycles. The van der Waals surface area contributed by atoms with Crippen molar-refractivity contribution < 1.29 is 24.1 Å². The first-order valence-electron chi connectivity index (χ1n) is 13.5. The van der Waals surface area contributed by atoms with Gasteiger partial charge in [-0.1, -0.05) is 59.6 Å². The minimum atomic E-state index is -1.32. The number of nitrogens with one attached hydrogen (secondary N) is 2. The van der Waals surface area contributed by atoms with Crippen molar-refractivity contribution in [3.63, 3.8) is 0 Å². The van der Waals surface area contributed by atoms with Gasteiger partial charge in [-0.2, -0.15) is 0 Å². The molecule has 0 spiro atoms. The third kappa shape index (κ3) is 7.02. The molecule has 0 bridgehead atoms. The van der Waals surface area contributed by atoms with Crippen LogP contribution in [0.2, 0.25) is 0 Å². The highest BCUT2D eigenvalue weighted by Crippen LogP contribution is 2.44. The summed E-state index contributed by atoms with van der Waals surface area (Å²) in [5.41, 5.74) is 7.10. The molecule has 0 aromatic heterocycles. The number of hydrogen-bond acceptors (Lipinski definition) is 7. The SMILES string of the molecule is CCCCNNC(=O)[C@@]1(Cc2ccccc2Br)N=C(c2ccc(OCCCO)cc2)O[C@H]1c1cccc(OC)c1. The Kier molecular flexibility index (Phi) is 10.6. The molecule has 2 atom stereocenters. The van der Waals surface area contributed by atoms with E-state index in [1.807, 2.05) is 72.8 Å². The van der Waals surface area contributed by atoms with Crippen LogP contribution in [0.1, 0.15) is 49.0 Å². The van der Waals surface area contributed by atoms with Gasteiger partial charge in [0.15, 0.2) is 11.6 Å². The summed E-state index contributed by atoms with van der Waals surface area (Å²) in [4.78, 5) is 19.2. The monoisotopic (exact) mass is 609 g/mol. The molecular formula is C31H36BrN3O5. The number of ether oxygens (including phenoxy) is 3. The molecule has 3 N–H and O–H groups in total. The number of halogens is 1. The van der Waals surface area contributed by atoms with E-state index in [0.717, 1.165) is 34.0 Å². The average Bonchev–Trinajstić information content (AvgIpc) is 3.37. The summed E-state index contributed by atoms with van der Waals surface area (Å²) < 4.78 is 18.6. The number of hydrazine groups is 1. The number of amides is 1. The number of carbonyl (C=O) groups is 1. The summed E-state index contributed by atoms with van der Waals surface area (Å²) in [5, 5.41) is 9.02. The maximum Gasteiger partial charge on any atom is 0.266 e. The van der Waals surface area contributed by atoms with Gasteiger partial charge in [0.2, 0.25) is 5.90 Å². The zero-order valence-electron chi connectivity index (χ0n) is 22.9. The van der Waals surface area contributed by atoms with E-state index in [9.17, 15) is 4.79 Å². The van der Waals surface area contributed by atoms with Crippen molar-refractivity contribution in [2.45, 2.75) is 44.2 Å². The minimum absolute atomic E-state index is 0.0728. The number of unbranched alkanes of at least 4 members (excludes halogenated alkanes) is 1. The van der Waals surface area contributed by atoms with E-state index in [4.69, 9.17) is 24.3 Å². The lowest BCUT2D eigenvalue weighted by Gasteiger charge is -2.31. The third-order valence-corrected chi connectivity index (χ3v) is 7.48. The van der Waals surface area contributed by atoms with Gasteiger partial charge in [0, 0.05) is 36.0 Å². The summed E-state index contributed by atoms with van der Waals surface area (Å²) in [6.07, 6.45) is 2.05. The summed E-state index contributed by atoms with van der Waals surface area (Å²) in [7, 11) is 1.61. The lowest BCUT2D eigenvalue weighted by molar-refractivity contribution is -0.130. The van der Waals surface area contributed by atoms with Crippen molar-refractivity contribution in [2.75, 3.05) is 26.9 Å². The van der Waals surface area contributed by atoms with Gasteiger partial charge in [0.1, 0.15) is 11.5 Å². The van der Waals surface area contributed by atoms with E-state index in [0.29, 0.717) is 43.4 Å². The fourth-order valence-electron chi connectivity index (χ4n) is 4.54. The molecule has 212 valence electrons. The molecule has 9 heteroatoms.